The van der Waals surface area contributed by atoms with Crippen LogP contribution in [0.5, 0.6) is 0 Å². The Kier molecular flexibility index (Phi) is 7.53. The highest BCUT2D eigenvalue weighted by Crippen LogP contribution is 2.42. The summed E-state index contributed by atoms with van der Waals surface area (Å²) in [7, 11) is 0. The number of hydrogen-bond donors (Lipinski definition) is 0. The van der Waals surface area contributed by atoms with Crippen LogP contribution in [0, 0.1) is 0 Å². The van der Waals surface area contributed by atoms with Crippen LogP contribution in [0.1, 0.15) is 0 Å². The maximum absolute atomic E-state index is 2.41. The van der Waals surface area contributed by atoms with Gasteiger partial charge in [0, 0.05) is 33.4 Å². The molecular weight excluding hydrogens is 677 g/mol. The van der Waals surface area contributed by atoms with Gasteiger partial charge in [-0.05, 0) is 110 Å². The first kappa shape index (κ1) is 32.0. The van der Waals surface area contributed by atoms with Crippen LogP contribution in [0.2, 0.25) is 0 Å². The van der Waals surface area contributed by atoms with E-state index in [-0.39, 0.29) is 0 Å². The van der Waals surface area contributed by atoms with E-state index in [0.29, 0.717) is 0 Å². The maximum Gasteiger partial charge on any atom is 0.0541 e. The van der Waals surface area contributed by atoms with E-state index in [1.807, 2.05) is 0 Å². The first-order valence-corrected chi connectivity index (χ1v) is 19.3. The van der Waals surface area contributed by atoms with Crippen molar-refractivity contribution in [3.8, 4) is 27.9 Å². The number of benzene rings is 10. The fourth-order valence-electron chi connectivity index (χ4n) is 8.82. The van der Waals surface area contributed by atoms with E-state index in [9.17, 15) is 0 Å². The molecule has 56 heavy (non-hydrogen) atoms. The van der Waals surface area contributed by atoms with Crippen molar-refractivity contribution in [3.05, 3.63) is 218 Å². The number of anilines is 3. The lowest BCUT2D eigenvalue weighted by Crippen LogP contribution is -2.09. The molecule has 0 amide bonds. The van der Waals surface area contributed by atoms with Crippen molar-refractivity contribution in [2.45, 2.75) is 0 Å². The molecule has 1 heterocycles. The largest absolute Gasteiger partial charge is 0.311 e. The van der Waals surface area contributed by atoms with Gasteiger partial charge in [0.05, 0.1) is 16.7 Å². The van der Waals surface area contributed by atoms with Crippen LogP contribution in [0.15, 0.2) is 218 Å². The summed E-state index contributed by atoms with van der Waals surface area (Å²) in [5, 5.41) is 10.2. The summed E-state index contributed by atoms with van der Waals surface area (Å²) < 4.78 is 2.41. The number of hydrogen-bond acceptors (Lipinski definition) is 1. The standard InChI is InChI=1S/C54H36N2/c1-2-15-41(16-3-1)55(43-34-30-39(31-35-43)50-36-40-27-26-37-14-4-5-18-45(37)54(40)49-22-7-6-19-46(49)50)42-32-28-38(29-33-42)44-17-8-11-23-51(44)56-52-24-12-9-20-47(52)48-21-10-13-25-53(48)56/h1-36H. The van der Waals surface area contributed by atoms with Gasteiger partial charge >= 0.3 is 0 Å². The third kappa shape index (κ3) is 5.19. The van der Waals surface area contributed by atoms with E-state index in [1.54, 1.807) is 0 Å². The highest BCUT2D eigenvalue weighted by Gasteiger charge is 2.18. The van der Waals surface area contributed by atoms with Gasteiger partial charge in [-0.25, -0.2) is 0 Å². The van der Waals surface area contributed by atoms with Gasteiger partial charge in [0.1, 0.15) is 0 Å². The number of aromatic nitrogens is 1. The lowest BCUT2D eigenvalue weighted by molar-refractivity contribution is 1.18. The molecule has 0 saturated carbocycles. The van der Waals surface area contributed by atoms with E-state index < -0.39 is 0 Å². The molecule has 0 radical (unpaired) electrons. The molecule has 0 fully saturated rings. The molecule has 11 rings (SSSR count). The summed E-state index contributed by atoms with van der Waals surface area (Å²) in [5.74, 6) is 0. The Hall–Kier alpha value is -7.42. The number of rotatable bonds is 6. The Labute approximate surface area is 325 Å². The van der Waals surface area contributed by atoms with Crippen molar-refractivity contribution in [1.29, 1.82) is 0 Å². The molecule has 0 atom stereocenters. The second-order valence-electron chi connectivity index (χ2n) is 14.5. The third-order valence-corrected chi connectivity index (χ3v) is 11.4. The first-order chi connectivity index (χ1) is 27.8. The molecule has 0 N–H and O–H groups in total. The molecule has 2 nitrogen and oxygen atoms in total. The van der Waals surface area contributed by atoms with Crippen molar-refractivity contribution >= 4 is 71.2 Å². The third-order valence-electron chi connectivity index (χ3n) is 11.4. The second-order valence-corrected chi connectivity index (χ2v) is 14.5. The van der Waals surface area contributed by atoms with Crippen LogP contribution in [-0.4, -0.2) is 4.57 Å². The first-order valence-electron chi connectivity index (χ1n) is 19.3. The molecule has 0 saturated heterocycles. The molecule has 0 spiro atoms. The maximum atomic E-state index is 2.41. The number of nitrogens with zero attached hydrogens (tertiary/aromatic N) is 2. The fraction of sp³-hybridized carbons (Fsp3) is 0. The van der Waals surface area contributed by atoms with E-state index in [0.717, 1.165) is 17.1 Å². The predicted molar refractivity (Wildman–Crippen MR) is 239 cm³/mol. The van der Waals surface area contributed by atoms with Crippen molar-refractivity contribution in [1.82, 2.24) is 4.57 Å². The van der Waals surface area contributed by atoms with Crippen LogP contribution in [-0.2, 0) is 0 Å². The molecular formula is C54H36N2. The average molecular weight is 713 g/mol. The normalized spacial score (nSPS) is 11.6. The molecule has 11 aromatic rings. The minimum Gasteiger partial charge on any atom is -0.311 e. The van der Waals surface area contributed by atoms with Gasteiger partial charge < -0.3 is 9.47 Å². The Balaban J connectivity index is 0.996. The molecule has 0 bridgehead atoms. The number of para-hydroxylation sites is 4. The SMILES string of the molecule is c1ccc(N(c2ccc(-c3ccccc3-n3c4ccccc4c4ccccc43)cc2)c2ccc(-c3cc4ccc5ccccc5c4c4ccccc34)cc2)cc1. The van der Waals surface area contributed by atoms with Crippen LogP contribution in [0.3, 0.4) is 0 Å². The summed E-state index contributed by atoms with van der Waals surface area (Å²) in [5.41, 5.74) is 11.7. The Morgan fingerprint density at radius 2 is 0.786 bits per heavy atom. The molecule has 10 aromatic carbocycles. The van der Waals surface area contributed by atoms with Crippen LogP contribution < -0.4 is 4.90 Å². The zero-order chi connectivity index (χ0) is 37.0. The van der Waals surface area contributed by atoms with Crippen LogP contribution in [0.25, 0.3) is 82.1 Å². The molecule has 262 valence electrons. The van der Waals surface area contributed by atoms with E-state index in [1.165, 1.54) is 82.1 Å². The van der Waals surface area contributed by atoms with Gasteiger partial charge in [-0.2, -0.15) is 0 Å². The smallest absolute Gasteiger partial charge is 0.0541 e. The summed E-state index contributed by atoms with van der Waals surface area (Å²) >= 11 is 0. The predicted octanol–water partition coefficient (Wildman–Crippen LogP) is 15.0. The molecule has 0 aliphatic heterocycles. The van der Waals surface area contributed by atoms with Crippen molar-refractivity contribution in [3.63, 3.8) is 0 Å². The molecule has 0 aliphatic rings. The zero-order valence-electron chi connectivity index (χ0n) is 30.7. The summed E-state index contributed by atoms with van der Waals surface area (Å²) in [4.78, 5) is 2.34. The quantitative estimate of drug-likeness (QED) is 0.156. The summed E-state index contributed by atoms with van der Waals surface area (Å²) in [6, 6.07) is 79.3. The molecule has 2 heteroatoms. The highest BCUT2D eigenvalue weighted by molar-refractivity contribution is 6.23. The minimum atomic E-state index is 1.10. The van der Waals surface area contributed by atoms with E-state index >= 15 is 0 Å². The molecule has 0 aliphatic carbocycles. The minimum absolute atomic E-state index is 1.10. The zero-order valence-corrected chi connectivity index (χ0v) is 30.7. The molecule has 1 aromatic heterocycles. The average Bonchev–Trinajstić information content (AvgIpc) is 3.61. The van der Waals surface area contributed by atoms with Gasteiger partial charge in [0.15, 0.2) is 0 Å². The fourth-order valence-corrected chi connectivity index (χ4v) is 8.82. The van der Waals surface area contributed by atoms with Crippen LogP contribution >= 0.6 is 0 Å². The lowest BCUT2D eigenvalue weighted by Gasteiger charge is -2.26. The molecule has 0 unspecified atom stereocenters. The highest BCUT2D eigenvalue weighted by atomic mass is 15.1. The van der Waals surface area contributed by atoms with Gasteiger partial charge in [-0.3, -0.25) is 0 Å². The monoisotopic (exact) mass is 712 g/mol. The van der Waals surface area contributed by atoms with E-state index in [4.69, 9.17) is 0 Å². The van der Waals surface area contributed by atoms with Crippen molar-refractivity contribution in [2.24, 2.45) is 0 Å². The van der Waals surface area contributed by atoms with Crippen LogP contribution in [0.4, 0.5) is 17.1 Å². The Morgan fingerprint density at radius 1 is 0.304 bits per heavy atom. The Bertz CT molecular complexity index is 3180. The van der Waals surface area contributed by atoms with Gasteiger partial charge in [0.25, 0.3) is 0 Å². The second kappa shape index (κ2) is 13.2. The van der Waals surface area contributed by atoms with Crippen molar-refractivity contribution in [2.75, 3.05) is 4.90 Å². The Morgan fingerprint density at radius 3 is 1.46 bits per heavy atom. The van der Waals surface area contributed by atoms with Crippen molar-refractivity contribution < 1.29 is 0 Å². The topological polar surface area (TPSA) is 8.17 Å². The van der Waals surface area contributed by atoms with E-state index in [2.05, 4.69) is 228 Å². The van der Waals surface area contributed by atoms with Gasteiger partial charge in [0.2, 0.25) is 0 Å². The lowest BCUT2D eigenvalue weighted by atomic mass is 9.91. The summed E-state index contributed by atoms with van der Waals surface area (Å²) in [6.07, 6.45) is 0. The summed E-state index contributed by atoms with van der Waals surface area (Å²) in [6.45, 7) is 0. The van der Waals surface area contributed by atoms with Gasteiger partial charge in [-0.15, -0.1) is 0 Å². The van der Waals surface area contributed by atoms with Gasteiger partial charge in [-0.1, -0.05) is 158 Å². The number of fused-ring (bicyclic) bond motifs is 8.